The molecule has 1 aromatic carbocycles. The molecule has 0 radical (unpaired) electrons. The Labute approximate surface area is 105 Å². The maximum Gasteiger partial charge on any atom is 0.212 e. The second kappa shape index (κ2) is 4.34. The molecule has 1 aliphatic heterocycles. The Kier molecular flexibility index (Phi) is 2.68. The first-order valence-corrected chi connectivity index (χ1v) is 5.98. The maximum absolute atomic E-state index is 12.5. The summed E-state index contributed by atoms with van der Waals surface area (Å²) in [5, 5.41) is 10.9. The minimum absolute atomic E-state index is 0.00116. The van der Waals surface area contributed by atoms with E-state index in [2.05, 4.69) is 21.7 Å². The first-order chi connectivity index (χ1) is 8.77. The average Bonchev–Trinajstić information content (AvgIpc) is 2.83. The molecule has 5 nitrogen and oxygen atoms in total. The molecule has 2 heterocycles. The number of nitrogens with zero attached hydrogens (tertiary/aromatic N) is 3. The predicted molar refractivity (Wildman–Crippen MR) is 66.3 cm³/mol. The second-order valence-corrected chi connectivity index (χ2v) is 4.44. The number of aryl methyl sites for hydroxylation is 1. The van der Waals surface area contributed by atoms with Crippen LogP contribution in [0.1, 0.15) is 27.2 Å². The van der Waals surface area contributed by atoms with Gasteiger partial charge in [0.05, 0.1) is 6.20 Å². The van der Waals surface area contributed by atoms with Gasteiger partial charge in [0.2, 0.25) is 5.78 Å². The highest BCUT2D eigenvalue weighted by atomic mass is 16.1. The molecular weight excluding hydrogens is 228 g/mol. The van der Waals surface area contributed by atoms with Gasteiger partial charge < -0.3 is 5.32 Å². The van der Waals surface area contributed by atoms with Crippen molar-refractivity contribution in [1.82, 2.24) is 20.3 Å². The quantitative estimate of drug-likeness (QED) is 0.787. The maximum atomic E-state index is 12.5. The normalized spacial score (nSPS) is 14.3. The smallest absolute Gasteiger partial charge is 0.212 e. The molecule has 1 aliphatic rings. The molecule has 0 aliphatic carbocycles. The van der Waals surface area contributed by atoms with E-state index in [1.807, 2.05) is 12.1 Å². The van der Waals surface area contributed by atoms with Crippen molar-refractivity contribution >= 4 is 5.78 Å². The SMILES string of the molecule is Cn1nncc1C(=O)c1cccc2c1CCNC2. The van der Waals surface area contributed by atoms with E-state index < -0.39 is 0 Å². The average molecular weight is 242 g/mol. The van der Waals surface area contributed by atoms with Crippen molar-refractivity contribution in [3.05, 3.63) is 46.8 Å². The van der Waals surface area contributed by atoms with Gasteiger partial charge in [0.15, 0.2) is 0 Å². The number of rotatable bonds is 2. The molecule has 0 saturated carbocycles. The molecule has 18 heavy (non-hydrogen) atoms. The fourth-order valence-corrected chi connectivity index (χ4v) is 2.38. The number of fused-ring (bicyclic) bond motifs is 1. The Morgan fingerprint density at radius 3 is 3.11 bits per heavy atom. The summed E-state index contributed by atoms with van der Waals surface area (Å²) in [6.45, 7) is 1.75. The molecule has 3 rings (SSSR count). The van der Waals surface area contributed by atoms with Crippen molar-refractivity contribution in [2.24, 2.45) is 7.05 Å². The van der Waals surface area contributed by atoms with Gasteiger partial charge in [-0.05, 0) is 24.1 Å². The summed E-state index contributed by atoms with van der Waals surface area (Å²) < 4.78 is 1.52. The summed E-state index contributed by atoms with van der Waals surface area (Å²) >= 11 is 0. The van der Waals surface area contributed by atoms with Gasteiger partial charge in [-0.1, -0.05) is 23.4 Å². The largest absolute Gasteiger partial charge is 0.312 e. The number of hydrogen-bond donors (Lipinski definition) is 1. The summed E-state index contributed by atoms with van der Waals surface area (Å²) in [4.78, 5) is 12.5. The minimum atomic E-state index is 0.00116. The Bertz CT molecular complexity index is 603. The van der Waals surface area contributed by atoms with Crippen molar-refractivity contribution < 1.29 is 4.79 Å². The van der Waals surface area contributed by atoms with Gasteiger partial charge in [0, 0.05) is 19.2 Å². The van der Waals surface area contributed by atoms with Crippen molar-refractivity contribution in [2.45, 2.75) is 13.0 Å². The summed E-state index contributed by atoms with van der Waals surface area (Å²) in [7, 11) is 1.73. The summed E-state index contributed by atoms with van der Waals surface area (Å²) in [5.41, 5.74) is 3.67. The summed E-state index contributed by atoms with van der Waals surface area (Å²) in [6.07, 6.45) is 2.41. The standard InChI is InChI=1S/C13H14N4O/c1-17-12(8-15-16-17)13(18)11-4-2-3-9-7-14-6-5-10(9)11/h2-4,8,14H,5-7H2,1H3. The van der Waals surface area contributed by atoms with Crippen LogP contribution in [0.15, 0.2) is 24.4 Å². The predicted octanol–water partition coefficient (Wildman–Crippen LogP) is 0.692. The molecule has 0 fully saturated rings. The van der Waals surface area contributed by atoms with Gasteiger partial charge in [-0.25, -0.2) is 4.68 Å². The molecule has 0 amide bonds. The molecule has 1 aromatic heterocycles. The molecule has 0 spiro atoms. The molecular formula is C13H14N4O. The van der Waals surface area contributed by atoms with Crippen LogP contribution in [0.2, 0.25) is 0 Å². The summed E-state index contributed by atoms with van der Waals surface area (Å²) in [5.74, 6) is 0.00116. The first-order valence-electron chi connectivity index (χ1n) is 5.98. The van der Waals surface area contributed by atoms with Crippen molar-refractivity contribution in [1.29, 1.82) is 0 Å². The number of carbonyl (C=O) groups excluding carboxylic acids is 1. The Balaban J connectivity index is 2.07. The van der Waals surface area contributed by atoms with Crippen LogP contribution < -0.4 is 5.32 Å². The van der Waals surface area contributed by atoms with Gasteiger partial charge in [-0.15, -0.1) is 5.10 Å². The van der Waals surface area contributed by atoms with Crippen LogP contribution in [0.3, 0.4) is 0 Å². The van der Waals surface area contributed by atoms with Crippen LogP contribution in [0, 0.1) is 0 Å². The number of benzene rings is 1. The van der Waals surface area contributed by atoms with Gasteiger partial charge in [-0.3, -0.25) is 4.79 Å². The van der Waals surface area contributed by atoms with Crippen LogP contribution in [-0.2, 0) is 20.0 Å². The van der Waals surface area contributed by atoms with Crippen LogP contribution in [0.5, 0.6) is 0 Å². The number of nitrogens with one attached hydrogen (secondary N) is 1. The first kappa shape index (κ1) is 11.1. The van der Waals surface area contributed by atoms with E-state index in [-0.39, 0.29) is 5.78 Å². The van der Waals surface area contributed by atoms with Crippen LogP contribution >= 0.6 is 0 Å². The third-order valence-electron chi connectivity index (χ3n) is 3.33. The topological polar surface area (TPSA) is 59.8 Å². The van der Waals surface area contributed by atoms with Crippen molar-refractivity contribution in [3.63, 3.8) is 0 Å². The summed E-state index contributed by atoms with van der Waals surface area (Å²) in [6, 6.07) is 5.89. The van der Waals surface area contributed by atoms with E-state index in [1.165, 1.54) is 16.4 Å². The van der Waals surface area contributed by atoms with Gasteiger partial charge in [0.1, 0.15) is 5.69 Å². The Hall–Kier alpha value is -2.01. The number of aromatic nitrogens is 3. The molecule has 5 heteroatoms. The van der Waals surface area contributed by atoms with Crippen LogP contribution in [0.4, 0.5) is 0 Å². The zero-order valence-electron chi connectivity index (χ0n) is 10.2. The lowest BCUT2D eigenvalue weighted by molar-refractivity contribution is 0.102. The number of ketones is 1. The molecule has 92 valence electrons. The van der Waals surface area contributed by atoms with Gasteiger partial charge >= 0.3 is 0 Å². The number of carbonyl (C=O) groups is 1. The lowest BCUT2D eigenvalue weighted by Crippen LogP contribution is -2.25. The van der Waals surface area contributed by atoms with E-state index in [1.54, 1.807) is 7.05 Å². The highest BCUT2D eigenvalue weighted by Gasteiger charge is 2.20. The van der Waals surface area contributed by atoms with E-state index in [0.717, 1.165) is 30.6 Å². The van der Waals surface area contributed by atoms with E-state index in [9.17, 15) is 4.79 Å². The fraction of sp³-hybridized carbons (Fsp3) is 0.308. The fourth-order valence-electron chi connectivity index (χ4n) is 2.38. The third-order valence-corrected chi connectivity index (χ3v) is 3.33. The highest BCUT2D eigenvalue weighted by molar-refractivity contribution is 6.08. The minimum Gasteiger partial charge on any atom is -0.312 e. The highest BCUT2D eigenvalue weighted by Crippen LogP contribution is 2.21. The third kappa shape index (κ3) is 1.73. The van der Waals surface area contributed by atoms with Crippen LogP contribution in [-0.4, -0.2) is 27.3 Å². The molecule has 0 saturated heterocycles. The van der Waals surface area contributed by atoms with Crippen molar-refractivity contribution in [2.75, 3.05) is 6.54 Å². The second-order valence-electron chi connectivity index (χ2n) is 4.44. The van der Waals surface area contributed by atoms with E-state index in [4.69, 9.17) is 0 Å². The van der Waals surface area contributed by atoms with Crippen LogP contribution in [0.25, 0.3) is 0 Å². The lowest BCUT2D eigenvalue weighted by atomic mass is 9.92. The number of hydrogen-bond acceptors (Lipinski definition) is 4. The Morgan fingerprint density at radius 1 is 1.44 bits per heavy atom. The van der Waals surface area contributed by atoms with E-state index >= 15 is 0 Å². The van der Waals surface area contributed by atoms with Crippen molar-refractivity contribution in [3.8, 4) is 0 Å². The zero-order valence-corrected chi connectivity index (χ0v) is 10.2. The zero-order chi connectivity index (χ0) is 12.5. The monoisotopic (exact) mass is 242 g/mol. The molecule has 0 unspecified atom stereocenters. The molecule has 0 bridgehead atoms. The van der Waals surface area contributed by atoms with Gasteiger partial charge in [0.25, 0.3) is 0 Å². The lowest BCUT2D eigenvalue weighted by Gasteiger charge is -2.19. The van der Waals surface area contributed by atoms with Gasteiger partial charge in [-0.2, -0.15) is 0 Å². The Morgan fingerprint density at radius 2 is 2.33 bits per heavy atom. The molecule has 0 atom stereocenters. The molecule has 2 aromatic rings. The molecule has 1 N–H and O–H groups in total. The van der Waals surface area contributed by atoms with E-state index in [0.29, 0.717) is 5.69 Å².